The molecule has 0 fully saturated rings. The maximum atomic E-state index is 11.9. The molecule has 5 heteroatoms. The lowest BCUT2D eigenvalue weighted by atomic mass is 10.0. The lowest BCUT2D eigenvalue weighted by Crippen LogP contribution is -2.21. The molecule has 1 atom stereocenters. The number of aryl methyl sites for hydroxylation is 2. The fraction of sp³-hybridized carbons (Fsp3) is 0.750. The zero-order valence-electron chi connectivity index (χ0n) is 13.4. The third-order valence-electron chi connectivity index (χ3n) is 4.36. The number of nitrogens with one attached hydrogen (secondary N) is 1. The number of nitrogens with zero attached hydrogens (tertiary/aromatic N) is 1. The molecule has 1 unspecified atom stereocenters. The monoisotopic (exact) mass is 312 g/mol. The predicted molar refractivity (Wildman–Crippen MR) is 87.3 cm³/mol. The van der Waals surface area contributed by atoms with Gasteiger partial charge in [0.25, 0.3) is 0 Å². The first-order valence-electron chi connectivity index (χ1n) is 8.07. The molecule has 120 valence electrons. The zero-order valence-corrected chi connectivity index (χ0v) is 14.2. The van der Waals surface area contributed by atoms with E-state index in [1.54, 1.807) is 13.8 Å². The average Bonchev–Trinajstić information content (AvgIpc) is 2.75. The molecule has 4 nitrogen and oxygen atoms in total. The third-order valence-corrected chi connectivity index (χ3v) is 6.55. The molecule has 0 aliphatic heterocycles. The van der Waals surface area contributed by atoms with Gasteiger partial charge in [0.15, 0.2) is 9.84 Å². The summed E-state index contributed by atoms with van der Waals surface area (Å²) in [6.45, 7) is 7.17. The van der Waals surface area contributed by atoms with E-state index in [0.717, 1.165) is 13.0 Å². The predicted octanol–water partition coefficient (Wildman–Crippen LogP) is 2.69. The summed E-state index contributed by atoms with van der Waals surface area (Å²) in [4.78, 5) is 0. The summed E-state index contributed by atoms with van der Waals surface area (Å²) in [6, 6.07) is 0.426. The molecule has 0 bridgehead atoms. The third kappa shape index (κ3) is 4.10. The van der Waals surface area contributed by atoms with Crippen molar-refractivity contribution < 1.29 is 8.42 Å². The van der Waals surface area contributed by atoms with E-state index < -0.39 is 9.84 Å². The molecule has 1 heterocycles. The van der Waals surface area contributed by atoms with Crippen LogP contribution in [-0.4, -0.2) is 30.5 Å². The van der Waals surface area contributed by atoms with Crippen molar-refractivity contribution in [3.63, 3.8) is 0 Å². The second-order valence-electron chi connectivity index (χ2n) is 6.25. The van der Waals surface area contributed by atoms with E-state index in [1.165, 1.54) is 30.4 Å². The van der Waals surface area contributed by atoms with Crippen molar-refractivity contribution in [1.29, 1.82) is 0 Å². The fourth-order valence-electron chi connectivity index (χ4n) is 2.97. The molecule has 0 aromatic carbocycles. The smallest absolute Gasteiger partial charge is 0.154 e. The number of hydrogen-bond acceptors (Lipinski definition) is 3. The Morgan fingerprint density at radius 3 is 2.76 bits per heavy atom. The summed E-state index contributed by atoms with van der Waals surface area (Å²) in [5.41, 5.74) is 2.76. The van der Waals surface area contributed by atoms with Crippen molar-refractivity contribution in [3.8, 4) is 0 Å². The average molecular weight is 312 g/mol. The van der Waals surface area contributed by atoms with Crippen molar-refractivity contribution >= 4 is 9.84 Å². The topological polar surface area (TPSA) is 51.1 Å². The first-order valence-corrected chi connectivity index (χ1v) is 9.79. The van der Waals surface area contributed by atoms with Gasteiger partial charge in [-0.25, -0.2) is 8.42 Å². The molecule has 1 aromatic heterocycles. The molecule has 0 amide bonds. The first kappa shape index (κ1) is 16.6. The van der Waals surface area contributed by atoms with E-state index in [4.69, 9.17) is 0 Å². The summed E-state index contributed by atoms with van der Waals surface area (Å²) in [6.07, 6.45) is 9.08. The van der Waals surface area contributed by atoms with Crippen LogP contribution >= 0.6 is 0 Å². The Hall–Kier alpha value is -0.810. The summed E-state index contributed by atoms with van der Waals surface area (Å²) < 4.78 is 26.0. The summed E-state index contributed by atoms with van der Waals surface area (Å²) in [5, 5.41) is 3.26. The van der Waals surface area contributed by atoms with Crippen molar-refractivity contribution in [3.05, 3.63) is 23.5 Å². The zero-order chi connectivity index (χ0) is 15.5. The van der Waals surface area contributed by atoms with Crippen LogP contribution in [0.1, 0.15) is 57.2 Å². The highest BCUT2D eigenvalue weighted by molar-refractivity contribution is 7.91. The maximum Gasteiger partial charge on any atom is 0.154 e. The molecule has 1 aliphatic carbocycles. The molecule has 0 spiro atoms. The van der Waals surface area contributed by atoms with E-state index in [-0.39, 0.29) is 11.0 Å². The van der Waals surface area contributed by atoms with Crippen molar-refractivity contribution in [2.75, 3.05) is 12.3 Å². The van der Waals surface area contributed by atoms with Crippen LogP contribution in [0.5, 0.6) is 0 Å². The Morgan fingerprint density at radius 2 is 2.10 bits per heavy atom. The van der Waals surface area contributed by atoms with Gasteiger partial charge in [-0.15, -0.1) is 0 Å². The second kappa shape index (κ2) is 6.97. The maximum absolute atomic E-state index is 11.9. The van der Waals surface area contributed by atoms with Crippen LogP contribution < -0.4 is 5.32 Å². The Labute approximate surface area is 128 Å². The summed E-state index contributed by atoms with van der Waals surface area (Å²) >= 11 is 0. The summed E-state index contributed by atoms with van der Waals surface area (Å²) in [5.74, 6) is 0.226. The van der Waals surface area contributed by atoms with Gasteiger partial charge in [-0.1, -0.05) is 13.3 Å². The lowest BCUT2D eigenvalue weighted by molar-refractivity contribution is 0.502. The first-order chi connectivity index (χ1) is 9.94. The molecule has 21 heavy (non-hydrogen) atoms. The number of rotatable bonds is 6. The van der Waals surface area contributed by atoms with Crippen LogP contribution in [0.4, 0.5) is 0 Å². The molecular formula is C16H28N2O2S. The number of hydrogen-bond donors (Lipinski definition) is 1. The Balaban J connectivity index is 2.12. The highest BCUT2D eigenvalue weighted by Gasteiger charge is 2.21. The number of fused-ring (bicyclic) bond motifs is 1. The highest BCUT2D eigenvalue weighted by atomic mass is 32.2. The largest absolute Gasteiger partial charge is 0.353 e. The van der Waals surface area contributed by atoms with E-state index in [1.807, 2.05) is 0 Å². The van der Waals surface area contributed by atoms with Crippen LogP contribution in [0.2, 0.25) is 0 Å². The SMILES string of the molecule is CCNC1CCCCc2cn(CCS(=O)(=O)C(C)C)cc21. The van der Waals surface area contributed by atoms with Gasteiger partial charge in [0, 0.05) is 25.0 Å². The van der Waals surface area contributed by atoms with E-state index in [0.29, 0.717) is 12.6 Å². The van der Waals surface area contributed by atoms with Gasteiger partial charge < -0.3 is 9.88 Å². The molecule has 1 N–H and O–H groups in total. The van der Waals surface area contributed by atoms with Gasteiger partial charge in [0.1, 0.15) is 0 Å². The van der Waals surface area contributed by atoms with Gasteiger partial charge in [0.2, 0.25) is 0 Å². The normalized spacial score (nSPS) is 19.5. The molecular weight excluding hydrogens is 284 g/mol. The van der Waals surface area contributed by atoms with Crippen molar-refractivity contribution in [1.82, 2.24) is 9.88 Å². The molecule has 0 saturated heterocycles. The van der Waals surface area contributed by atoms with Crippen LogP contribution in [0.3, 0.4) is 0 Å². The Morgan fingerprint density at radius 1 is 1.33 bits per heavy atom. The molecule has 2 rings (SSSR count). The summed E-state index contributed by atoms with van der Waals surface area (Å²) in [7, 11) is -2.97. The quantitative estimate of drug-likeness (QED) is 0.822. The molecule has 0 saturated carbocycles. The Bertz CT molecular complexity index is 561. The fourth-order valence-corrected chi connectivity index (χ4v) is 3.91. The molecule has 1 aromatic rings. The van der Waals surface area contributed by atoms with Crippen LogP contribution in [0.25, 0.3) is 0 Å². The minimum absolute atomic E-state index is 0.226. The standard InChI is InChI=1S/C16H28N2O2S/c1-4-17-16-8-6-5-7-14-11-18(12-15(14)16)9-10-21(19,20)13(2)3/h11-13,16-17H,4-10H2,1-3H3. The van der Waals surface area contributed by atoms with Crippen molar-refractivity contribution in [2.24, 2.45) is 0 Å². The number of sulfone groups is 1. The van der Waals surface area contributed by atoms with Gasteiger partial charge in [-0.05, 0) is 50.8 Å². The minimum atomic E-state index is -2.97. The van der Waals surface area contributed by atoms with E-state index in [9.17, 15) is 8.42 Å². The molecule has 0 radical (unpaired) electrons. The molecule has 1 aliphatic rings. The van der Waals surface area contributed by atoms with Crippen LogP contribution in [0, 0.1) is 0 Å². The lowest BCUT2D eigenvalue weighted by Gasteiger charge is -2.15. The van der Waals surface area contributed by atoms with E-state index >= 15 is 0 Å². The number of aromatic nitrogens is 1. The Kier molecular flexibility index (Phi) is 5.49. The van der Waals surface area contributed by atoms with Gasteiger partial charge in [-0.2, -0.15) is 0 Å². The van der Waals surface area contributed by atoms with Gasteiger partial charge >= 0.3 is 0 Å². The van der Waals surface area contributed by atoms with E-state index in [2.05, 4.69) is 29.2 Å². The van der Waals surface area contributed by atoms with Gasteiger partial charge in [0.05, 0.1) is 11.0 Å². The van der Waals surface area contributed by atoms with Crippen LogP contribution in [-0.2, 0) is 22.8 Å². The minimum Gasteiger partial charge on any atom is -0.353 e. The van der Waals surface area contributed by atoms with Gasteiger partial charge in [-0.3, -0.25) is 0 Å². The van der Waals surface area contributed by atoms with Crippen molar-refractivity contribution in [2.45, 2.75) is 64.3 Å². The highest BCUT2D eigenvalue weighted by Crippen LogP contribution is 2.29. The second-order valence-corrected chi connectivity index (χ2v) is 8.93. The van der Waals surface area contributed by atoms with Crippen LogP contribution in [0.15, 0.2) is 12.4 Å².